The van der Waals surface area contributed by atoms with Crippen molar-refractivity contribution >= 4 is 11.6 Å². The van der Waals surface area contributed by atoms with E-state index in [9.17, 15) is 0 Å². The minimum atomic E-state index is 0.398. The fraction of sp³-hybridized carbons (Fsp3) is 0.571. The molecule has 1 saturated heterocycles. The fourth-order valence-electron chi connectivity index (χ4n) is 2.55. The Bertz CT molecular complexity index is 369. The first-order valence-corrected chi connectivity index (χ1v) is 6.60. The Labute approximate surface area is 108 Å². The molecule has 0 aliphatic carbocycles. The van der Waals surface area contributed by atoms with Crippen LogP contribution in [0.2, 0.25) is 5.02 Å². The number of halogens is 1. The number of hydrogen-bond acceptors (Lipinski definition) is 2. The van der Waals surface area contributed by atoms with Gasteiger partial charge in [-0.2, -0.15) is 0 Å². The van der Waals surface area contributed by atoms with Gasteiger partial charge in [0.1, 0.15) is 0 Å². The van der Waals surface area contributed by atoms with Crippen LogP contribution >= 0.6 is 11.6 Å². The van der Waals surface area contributed by atoms with E-state index in [1.807, 2.05) is 25.2 Å². The summed E-state index contributed by atoms with van der Waals surface area (Å²) in [5.41, 5.74) is 1.29. The minimum Gasteiger partial charge on any atom is -0.378 e. The summed E-state index contributed by atoms with van der Waals surface area (Å²) in [4.78, 5) is 0. The second-order valence-corrected chi connectivity index (χ2v) is 5.31. The molecular formula is C14H20ClNO. The molecule has 1 aliphatic heterocycles. The largest absolute Gasteiger partial charge is 0.378 e. The minimum absolute atomic E-state index is 0.398. The number of benzene rings is 1. The highest BCUT2D eigenvalue weighted by atomic mass is 35.5. The first-order chi connectivity index (χ1) is 8.19. The van der Waals surface area contributed by atoms with E-state index in [0.717, 1.165) is 24.5 Å². The van der Waals surface area contributed by atoms with Crippen molar-refractivity contribution in [1.82, 2.24) is 5.32 Å². The first-order valence-electron chi connectivity index (χ1n) is 6.22. The monoisotopic (exact) mass is 253 g/mol. The number of likely N-dealkylation sites (N-methyl/N-ethyl adjacent to an activating group) is 1. The van der Waals surface area contributed by atoms with Crippen LogP contribution in [0.25, 0.3) is 0 Å². The molecule has 1 aliphatic rings. The lowest BCUT2D eigenvalue weighted by molar-refractivity contribution is 0.117. The van der Waals surface area contributed by atoms with Gasteiger partial charge in [-0.25, -0.2) is 0 Å². The molecule has 1 fully saturated rings. The predicted octanol–water partition coefficient (Wildman–Crippen LogP) is 2.90. The Kier molecular flexibility index (Phi) is 4.43. The molecule has 1 heterocycles. The summed E-state index contributed by atoms with van der Waals surface area (Å²) in [5.74, 6) is 0.606. The quantitative estimate of drug-likeness (QED) is 0.891. The summed E-state index contributed by atoms with van der Waals surface area (Å²) in [5, 5.41) is 4.22. The number of hydrogen-bond donors (Lipinski definition) is 1. The van der Waals surface area contributed by atoms with E-state index in [1.54, 1.807) is 0 Å². The summed E-state index contributed by atoms with van der Waals surface area (Å²) >= 11 is 6.01. The van der Waals surface area contributed by atoms with Crippen molar-refractivity contribution in [1.29, 1.82) is 0 Å². The lowest BCUT2D eigenvalue weighted by Crippen LogP contribution is -2.36. The van der Waals surface area contributed by atoms with Crippen LogP contribution in [0.1, 0.15) is 18.9 Å². The fourth-order valence-corrected chi connectivity index (χ4v) is 2.77. The molecule has 0 saturated carbocycles. The summed E-state index contributed by atoms with van der Waals surface area (Å²) in [7, 11) is 2.03. The van der Waals surface area contributed by atoms with Gasteiger partial charge in [-0.15, -0.1) is 0 Å². The molecular weight excluding hydrogens is 234 g/mol. The smallest absolute Gasteiger partial charge is 0.0551 e. The highest BCUT2D eigenvalue weighted by Crippen LogP contribution is 2.24. The van der Waals surface area contributed by atoms with E-state index >= 15 is 0 Å². The average Bonchev–Trinajstić information content (AvgIpc) is 2.73. The van der Waals surface area contributed by atoms with E-state index in [4.69, 9.17) is 16.3 Å². The average molecular weight is 254 g/mol. The van der Waals surface area contributed by atoms with Crippen molar-refractivity contribution < 1.29 is 4.74 Å². The highest BCUT2D eigenvalue weighted by molar-refractivity contribution is 6.30. The maximum absolute atomic E-state index is 6.01. The zero-order valence-corrected chi connectivity index (χ0v) is 11.2. The summed E-state index contributed by atoms with van der Waals surface area (Å²) in [6.45, 7) is 3.01. The van der Waals surface area contributed by atoms with E-state index in [2.05, 4.69) is 18.3 Å². The van der Waals surface area contributed by atoms with Gasteiger partial charge < -0.3 is 10.1 Å². The van der Waals surface area contributed by atoms with Gasteiger partial charge in [-0.3, -0.25) is 0 Å². The zero-order valence-electron chi connectivity index (χ0n) is 10.4. The standard InChI is InChI=1S/C14H20ClNO/c1-10-6-12(9-17-10)14(16-2)8-11-4-3-5-13(15)7-11/h3-5,7,10,12,14,16H,6,8-9H2,1-2H3. The van der Waals surface area contributed by atoms with Crippen LogP contribution in [-0.2, 0) is 11.2 Å². The van der Waals surface area contributed by atoms with Gasteiger partial charge in [0.15, 0.2) is 0 Å². The summed E-state index contributed by atoms with van der Waals surface area (Å²) < 4.78 is 5.64. The molecule has 3 heteroatoms. The first kappa shape index (κ1) is 12.9. The highest BCUT2D eigenvalue weighted by Gasteiger charge is 2.28. The van der Waals surface area contributed by atoms with Gasteiger partial charge in [0.25, 0.3) is 0 Å². The third-order valence-electron chi connectivity index (χ3n) is 3.51. The Morgan fingerprint density at radius 1 is 1.53 bits per heavy atom. The molecule has 0 radical (unpaired) electrons. The number of rotatable bonds is 4. The Morgan fingerprint density at radius 3 is 2.94 bits per heavy atom. The molecule has 0 amide bonds. The molecule has 0 aromatic heterocycles. The van der Waals surface area contributed by atoms with Crippen molar-refractivity contribution in [2.75, 3.05) is 13.7 Å². The van der Waals surface area contributed by atoms with Gasteiger partial charge in [-0.05, 0) is 44.5 Å². The van der Waals surface area contributed by atoms with Crippen LogP contribution in [0.15, 0.2) is 24.3 Å². The van der Waals surface area contributed by atoms with Crippen molar-refractivity contribution in [2.24, 2.45) is 5.92 Å². The Balaban J connectivity index is 2.00. The second kappa shape index (κ2) is 5.85. The molecule has 0 bridgehead atoms. The second-order valence-electron chi connectivity index (χ2n) is 4.87. The van der Waals surface area contributed by atoms with Gasteiger partial charge in [-0.1, -0.05) is 23.7 Å². The molecule has 3 unspecified atom stereocenters. The third kappa shape index (κ3) is 3.44. The van der Waals surface area contributed by atoms with Gasteiger partial charge in [0.2, 0.25) is 0 Å². The van der Waals surface area contributed by atoms with Gasteiger partial charge in [0, 0.05) is 17.0 Å². The zero-order chi connectivity index (χ0) is 12.3. The topological polar surface area (TPSA) is 21.3 Å². The van der Waals surface area contributed by atoms with Crippen molar-refractivity contribution in [3.63, 3.8) is 0 Å². The predicted molar refractivity (Wildman–Crippen MR) is 71.5 cm³/mol. The maximum atomic E-state index is 6.01. The molecule has 1 aromatic carbocycles. The van der Waals surface area contributed by atoms with Crippen LogP contribution in [0, 0.1) is 5.92 Å². The number of ether oxygens (including phenoxy) is 1. The summed E-state index contributed by atoms with van der Waals surface area (Å²) in [6.07, 6.45) is 2.55. The third-order valence-corrected chi connectivity index (χ3v) is 3.75. The lowest BCUT2D eigenvalue weighted by Gasteiger charge is -2.22. The van der Waals surface area contributed by atoms with Gasteiger partial charge >= 0.3 is 0 Å². The molecule has 17 heavy (non-hydrogen) atoms. The Morgan fingerprint density at radius 2 is 2.35 bits per heavy atom. The SMILES string of the molecule is CNC(Cc1cccc(Cl)c1)C1COC(C)C1. The maximum Gasteiger partial charge on any atom is 0.0551 e. The van der Waals surface area contributed by atoms with E-state index in [0.29, 0.717) is 18.1 Å². The number of nitrogens with one attached hydrogen (secondary N) is 1. The van der Waals surface area contributed by atoms with Crippen molar-refractivity contribution in [3.05, 3.63) is 34.9 Å². The van der Waals surface area contributed by atoms with Crippen LogP contribution in [-0.4, -0.2) is 25.8 Å². The molecule has 2 nitrogen and oxygen atoms in total. The molecule has 0 spiro atoms. The van der Waals surface area contributed by atoms with Crippen LogP contribution in [0.4, 0.5) is 0 Å². The summed E-state index contributed by atoms with van der Waals surface area (Å²) in [6, 6.07) is 8.58. The van der Waals surface area contributed by atoms with Crippen LogP contribution < -0.4 is 5.32 Å². The molecule has 2 rings (SSSR count). The lowest BCUT2D eigenvalue weighted by atomic mass is 9.92. The molecule has 3 atom stereocenters. The van der Waals surface area contributed by atoms with E-state index in [1.165, 1.54) is 5.56 Å². The molecule has 1 N–H and O–H groups in total. The normalized spacial score (nSPS) is 26.1. The Hall–Kier alpha value is -0.570. The molecule has 94 valence electrons. The van der Waals surface area contributed by atoms with Gasteiger partial charge in [0.05, 0.1) is 12.7 Å². The van der Waals surface area contributed by atoms with Crippen molar-refractivity contribution in [3.8, 4) is 0 Å². The molecule has 1 aromatic rings. The van der Waals surface area contributed by atoms with Crippen molar-refractivity contribution in [2.45, 2.75) is 31.9 Å². The van der Waals surface area contributed by atoms with E-state index < -0.39 is 0 Å². The van der Waals surface area contributed by atoms with Crippen LogP contribution in [0.5, 0.6) is 0 Å². The van der Waals surface area contributed by atoms with Crippen LogP contribution in [0.3, 0.4) is 0 Å². The van der Waals surface area contributed by atoms with E-state index in [-0.39, 0.29) is 0 Å².